The predicted molar refractivity (Wildman–Crippen MR) is 122 cm³/mol. The van der Waals surface area contributed by atoms with Crippen LogP contribution in [0.3, 0.4) is 0 Å². The Hall–Kier alpha value is -3.36. The summed E-state index contributed by atoms with van der Waals surface area (Å²) in [5.41, 5.74) is 3.79. The van der Waals surface area contributed by atoms with Gasteiger partial charge in [-0.3, -0.25) is 0 Å². The summed E-state index contributed by atoms with van der Waals surface area (Å²) < 4.78 is 5.12. The van der Waals surface area contributed by atoms with Crippen molar-refractivity contribution in [2.75, 3.05) is 0 Å². The summed E-state index contributed by atoms with van der Waals surface area (Å²) in [6.45, 7) is 0. The minimum Gasteiger partial charge on any atom is -0.309 e. The molecule has 0 saturated carbocycles. The van der Waals surface area contributed by atoms with Crippen molar-refractivity contribution in [2.45, 2.75) is 0 Å². The fourth-order valence-corrected chi connectivity index (χ4v) is 5.84. The van der Waals surface area contributed by atoms with Gasteiger partial charge >= 0.3 is 0 Å². The topological polar surface area (TPSA) is 4.93 Å². The van der Waals surface area contributed by atoms with E-state index in [1.807, 2.05) is 11.3 Å². The Bertz CT molecular complexity index is 1600. The Morgan fingerprint density at radius 3 is 1.96 bits per heavy atom. The number of aromatic nitrogens is 1. The first kappa shape index (κ1) is 14.7. The van der Waals surface area contributed by atoms with Gasteiger partial charge in [-0.25, -0.2) is 0 Å². The molecule has 1 nitrogen and oxygen atoms in total. The van der Waals surface area contributed by atoms with Gasteiger partial charge in [0, 0.05) is 36.6 Å². The molecule has 0 aliphatic carbocycles. The molecule has 0 saturated heterocycles. The van der Waals surface area contributed by atoms with Crippen LogP contribution in [0.5, 0.6) is 0 Å². The molecule has 0 atom stereocenters. The molecule has 2 heterocycles. The summed E-state index contributed by atoms with van der Waals surface area (Å²) in [5.74, 6) is 0. The van der Waals surface area contributed by atoms with Gasteiger partial charge in [0.1, 0.15) is 0 Å². The van der Waals surface area contributed by atoms with Gasteiger partial charge in [-0.15, -0.1) is 11.3 Å². The van der Waals surface area contributed by atoms with Gasteiger partial charge in [0.25, 0.3) is 0 Å². The van der Waals surface area contributed by atoms with Crippen molar-refractivity contribution in [2.24, 2.45) is 0 Å². The maximum atomic E-state index is 2.43. The molecular formula is C26H15NS. The van der Waals surface area contributed by atoms with Crippen LogP contribution in [0.1, 0.15) is 0 Å². The monoisotopic (exact) mass is 373 g/mol. The minimum atomic E-state index is 1.23. The van der Waals surface area contributed by atoms with Crippen LogP contribution in [0.25, 0.3) is 58.4 Å². The Morgan fingerprint density at radius 1 is 0.536 bits per heavy atom. The molecule has 0 spiro atoms. The molecule has 0 aliphatic rings. The molecule has 130 valence electrons. The highest BCUT2D eigenvalue weighted by Gasteiger charge is 2.16. The summed E-state index contributed by atoms with van der Waals surface area (Å²) in [4.78, 5) is 0. The van der Waals surface area contributed by atoms with Crippen molar-refractivity contribution in [1.29, 1.82) is 0 Å². The highest BCUT2D eigenvalue weighted by molar-refractivity contribution is 7.25. The van der Waals surface area contributed by atoms with E-state index in [2.05, 4.69) is 95.6 Å². The lowest BCUT2D eigenvalue weighted by Gasteiger charge is -2.08. The van der Waals surface area contributed by atoms with E-state index in [1.165, 1.54) is 58.4 Å². The van der Waals surface area contributed by atoms with Crippen LogP contribution >= 0.6 is 11.3 Å². The second kappa shape index (κ2) is 5.12. The zero-order valence-electron chi connectivity index (χ0n) is 15.0. The Labute approximate surface area is 165 Å². The van der Waals surface area contributed by atoms with E-state index >= 15 is 0 Å². The number of hydrogen-bond acceptors (Lipinski definition) is 1. The highest BCUT2D eigenvalue weighted by atomic mass is 32.1. The molecule has 7 aromatic rings. The maximum absolute atomic E-state index is 2.43. The van der Waals surface area contributed by atoms with Gasteiger partial charge in [0.2, 0.25) is 0 Å². The van der Waals surface area contributed by atoms with E-state index in [0.29, 0.717) is 0 Å². The normalized spacial score (nSPS) is 12.3. The van der Waals surface area contributed by atoms with Crippen molar-refractivity contribution >= 4 is 64.1 Å². The molecule has 5 aromatic carbocycles. The van der Waals surface area contributed by atoms with Gasteiger partial charge in [-0.05, 0) is 47.2 Å². The van der Waals surface area contributed by atoms with Gasteiger partial charge in [-0.2, -0.15) is 0 Å². The summed E-state index contributed by atoms with van der Waals surface area (Å²) in [6, 6.07) is 33.3. The van der Waals surface area contributed by atoms with Gasteiger partial charge in [0.05, 0.1) is 11.0 Å². The molecule has 0 N–H and O–H groups in total. The number of nitrogens with zero attached hydrogens (tertiary/aromatic N) is 1. The van der Waals surface area contributed by atoms with Crippen LogP contribution in [0.4, 0.5) is 0 Å². The SMILES string of the molecule is c1ccc2c(c1)sc1ccc(-n3c4cccc5ccc6cccc3c6c54)cc12. The molecular weight excluding hydrogens is 358 g/mol. The smallest absolute Gasteiger partial charge is 0.0547 e. The molecule has 0 fully saturated rings. The predicted octanol–water partition coefficient (Wildman–Crippen LogP) is 7.74. The first-order chi connectivity index (χ1) is 13.9. The lowest BCUT2D eigenvalue weighted by Crippen LogP contribution is -1.93. The number of fused-ring (bicyclic) bond motifs is 3. The van der Waals surface area contributed by atoms with Gasteiger partial charge < -0.3 is 4.57 Å². The summed E-state index contributed by atoms with van der Waals surface area (Å²) in [6.07, 6.45) is 0. The van der Waals surface area contributed by atoms with Crippen LogP contribution in [0.15, 0.2) is 91.0 Å². The summed E-state index contributed by atoms with van der Waals surface area (Å²) in [5, 5.41) is 8.03. The molecule has 7 rings (SSSR count). The Kier molecular flexibility index (Phi) is 2.68. The van der Waals surface area contributed by atoms with Crippen LogP contribution in [-0.2, 0) is 0 Å². The minimum absolute atomic E-state index is 1.23. The molecule has 2 aromatic heterocycles. The van der Waals surface area contributed by atoms with E-state index in [0.717, 1.165) is 0 Å². The largest absolute Gasteiger partial charge is 0.309 e. The van der Waals surface area contributed by atoms with Gasteiger partial charge in [-0.1, -0.05) is 54.6 Å². The molecule has 28 heavy (non-hydrogen) atoms. The third-order valence-corrected chi connectivity index (χ3v) is 7.09. The van der Waals surface area contributed by atoms with Crippen molar-refractivity contribution in [3.05, 3.63) is 91.0 Å². The number of benzene rings is 5. The lowest BCUT2D eigenvalue weighted by atomic mass is 10.0. The van der Waals surface area contributed by atoms with Crippen LogP contribution < -0.4 is 0 Å². The Morgan fingerprint density at radius 2 is 1.21 bits per heavy atom. The fourth-order valence-electron chi connectivity index (χ4n) is 4.75. The van der Waals surface area contributed by atoms with Crippen molar-refractivity contribution in [3.63, 3.8) is 0 Å². The quantitative estimate of drug-likeness (QED) is 0.259. The Balaban J connectivity index is 1.67. The van der Waals surface area contributed by atoms with E-state index in [1.54, 1.807) is 0 Å². The molecule has 2 heteroatoms. The number of thiophene rings is 1. The number of rotatable bonds is 1. The van der Waals surface area contributed by atoms with E-state index < -0.39 is 0 Å². The molecule has 0 radical (unpaired) electrons. The zero-order valence-corrected chi connectivity index (χ0v) is 15.8. The zero-order chi connectivity index (χ0) is 18.2. The van der Waals surface area contributed by atoms with Crippen molar-refractivity contribution in [1.82, 2.24) is 4.57 Å². The van der Waals surface area contributed by atoms with E-state index in [9.17, 15) is 0 Å². The molecule has 0 unspecified atom stereocenters. The fraction of sp³-hybridized carbons (Fsp3) is 0. The third-order valence-electron chi connectivity index (χ3n) is 5.94. The molecule has 0 amide bonds. The van der Waals surface area contributed by atoms with Crippen LogP contribution in [0, 0.1) is 0 Å². The standard InChI is InChI=1S/C26H15NS/c1-2-10-23-19(7-1)20-15-18(13-14-24(20)28-23)27-21-8-3-5-16-11-12-17-6-4-9-22(27)26(17)25(16)21/h1-15H. The average molecular weight is 373 g/mol. The van der Waals surface area contributed by atoms with Gasteiger partial charge in [0.15, 0.2) is 0 Å². The summed E-state index contributed by atoms with van der Waals surface area (Å²) in [7, 11) is 0. The average Bonchev–Trinajstić information content (AvgIpc) is 3.28. The third kappa shape index (κ3) is 1.76. The highest BCUT2D eigenvalue weighted by Crippen LogP contribution is 2.40. The maximum Gasteiger partial charge on any atom is 0.0547 e. The summed E-state index contributed by atoms with van der Waals surface area (Å²) >= 11 is 1.87. The van der Waals surface area contributed by atoms with E-state index in [-0.39, 0.29) is 0 Å². The molecule has 0 aliphatic heterocycles. The second-order valence-electron chi connectivity index (χ2n) is 7.43. The lowest BCUT2D eigenvalue weighted by molar-refractivity contribution is 1.19. The van der Waals surface area contributed by atoms with Crippen molar-refractivity contribution in [3.8, 4) is 5.69 Å². The first-order valence-corrected chi connectivity index (χ1v) is 10.4. The second-order valence-corrected chi connectivity index (χ2v) is 8.51. The van der Waals surface area contributed by atoms with Crippen LogP contribution in [-0.4, -0.2) is 4.57 Å². The van der Waals surface area contributed by atoms with Crippen LogP contribution in [0.2, 0.25) is 0 Å². The number of hydrogen-bond donors (Lipinski definition) is 0. The first-order valence-electron chi connectivity index (χ1n) is 9.54. The van der Waals surface area contributed by atoms with Crippen molar-refractivity contribution < 1.29 is 0 Å². The molecule has 0 bridgehead atoms. The van der Waals surface area contributed by atoms with E-state index in [4.69, 9.17) is 0 Å².